The Labute approximate surface area is 86.1 Å². The van der Waals surface area contributed by atoms with Gasteiger partial charge in [-0.25, -0.2) is 4.79 Å². The Morgan fingerprint density at radius 3 is 3.13 bits per heavy atom. The minimum absolute atomic E-state index is 0.296. The number of carbonyl (C=O) groups is 1. The highest BCUT2D eigenvalue weighted by molar-refractivity contribution is 6.03. The van der Waals surface area contributed by atoms with E-state index in [-0.39, 0.29) is 0 Å². The normalized spacial score (nSPS) is 19.8. The monoisotopic (exact) mass is 209 g/mol. The lowest BCUT2D eigenvalue weighted by molar-refractivity contribution is -0.148. The Bertz CT molecular complexity index is 410. The number of aryl methyl sites for hydroxylation is 1. The van der Waals surface area contributed by atoms with E-state index in [2.05, 4.69) is 10.3 Å². The summed E-state index contributed by atoms with van der Waals surface area (Å²) in [5.41, 5.74) is 1.46. The fraction of sp³-hybridized carbons (Fsp3) is 0.444. The molecule has 0 fully saturated rings. The van der Waals surface area contributed by atoms with E-state index in [0.717, 1.165) is 12.1 Å². The van der Waals surface area contributed by atoms with Crippen molar-refractivity contribution in [2.24, 2.45) is 5.16 Å². The van der Waals surface area contributed by atoms with Crippen molar-refractivity contribution in [1.29, 1.82) is 0 Å². The molecular weight excluding hydrogens is 198 g/mol. The van der Waals surface area contributed by atoms with Crippen LogP contribution in [0.15, 0.2) is 17.5 Å². The van der Waals surface area contributed by atoms with Crippen molar-refractivity contribution in [3.05, 3.63) is 18.0 Å². The molecule has 0 saturated heterocycles. The Morgan fingerprint density at radius 2 is 2.60 bits per heavy atom. The fourth-order valence-corrected chi connectivity index (χ4v) is 1.37. The number of aliphatic carboxylic acids is 1. The molecule has 0 amide bonds. The van der Waals surface area contributed by atoms with Crippen molar-refractivity contribution >= 4 is 11.7 Å². The van der Waals surface area contributed by atoms with Gasteiger partial charge in [-0.15, -0.1) is 0 Å². The number of hydrogen-bond acceptors (Lipinski definition) is 4. The van der Waals surface area contributed by atoms with Gasteiger partial charge in [0.15, 0.2) is 0 Å². The molecule has 0 radical (unpaired) electrons. The quantitative estimate of drug-likeness (QED) is 0.785. The first kappa shape index (κ1) is 9.70. The number of rotatable bonds is 3. The first-order valence-corrected chi connectivity index (χ1v) is 4.69. The second-order valence-corrected chi connectivity index (χ2v) is 3.26. The molecule has 1 atom stereocenters. The highest BCUT2D eigenvalue weighted by atomic mass is 16.7. The van der Waals surface area contributed by atoms with Crippen molar-refractivity contribution in [1.82, 2.24) is 9.78 Å². The van der Waals surface area contributed by atoms with Crippen LogP contribution < -0.4 is 0 Å². The molecule has 2 heterocycles. The largest absolute Gasteiger partial charge is 0.478 e. The maximum atomic E-state index is 10.6. The highest BCUT2D eigenvalue weighted by Gasteiger charge is 2.28. The molecule has 6 heteroatoms. The van der Waals surface area contributed by atoms with E-state index in [9.17, 15) is 4.79 Å². The van der Waals surface area contributed by atoms with Crippen LogP contribution >= 0.6 is 0 Å². The van der Waals surface area contributed by atoms with Gasteiger partial charge >= 0.3 is 5.97 Å². The molecule has 1 aliphatic rings. The summed E-state index contributed by atoms with van der Waals surface area (Å²) in [6, 6.07) is 0. The zero-order valence-electron chi connectivity index (χ0n) is 8.25. The van der Waals surface area contributed by atoms with Gasteiger partial charge in [-0.1, -0.05) is 5.16 Å². The number of aromatic nitrogens is 2. The lowest BCUT2D eigenvalue weighted by Gasteiger charge is -1.98. The van der Waals surface area contributed by atoms with Crippen LogP contribution in [-0.4, -0.2) is 32.7 Å². The molecule has 15 heavy (non-hydrogen) atoms. The number of hydrogen-bond donors (Lipinski definition) is 1. The van der Waals surface area contributed by atoms with Gasteiger partial charge in [0, 0.05) is 24.7 Å². The lowest BCUT2D eigenvalue weighted by Crippen LogP contribution is -2.19. The van der Waals surface area contributed by atoms with Gasteiger partial charge in [-0.3, -0.25) is 4.68 Å². The van der Waals surface area contributed by atoms with Gasteiger partial charge in [0.1, 0.15) is 0 Å². The second-order valence-electron chi connectivity index (χ2n) is 3.26. The molecule has 2 rings (SSSR count). The minimum atomic E-state index is -0.989. The van der Waals surface area contributed by atoms with Crippen molar-refractivity contribution in [3.63, 3.8) is 0 Å². The molecule has 0 spiro atoms. The van der Waals surface area contributed by atoms with Gasteiger partial charge in [0.25, 0.3) is 0 Å². The molecule has 1 aromatic rings. The van der Waals surface area contributed by atoms with E-state index in [1.165, 1.54) is 0 Å². The predicted molar refractivity (Wildman–Crippen MR) is 51.6 cm³/mol. The summed E-state index contributed by atoms with van der Waals surface area (Å²) in [7, 11) is 0. The van der Waals surface area contributed by atoms with Gasteiger partial charge in [-0.2, -0.15) is 5.10 Å². The number of carboxylic acids is 1. The smallest absolute Gasteiger partial charge is 0.348 e. The molecule has 0 aliphatic carbocycles. The van der Waals surface area contributed by atoms with Crippen molar-refractivity contribution in [2.45, 2.75) is 26.0 Å². The van der Waals surface area contributed by atoms with Gasteiger partial charge in [-0.05, 0) is 6.92 Å². The van der Waals surface area contributed by atoms with E-state index >= 15 is 0 Å². The number of carboxylic acid groups (broad SMARTS) is 1. The van der Waals surface area contributed by atoms with Crippen LogP contribution in [0.1, 0.15) is 18.9 Å². The Kier molecular flexibility index (Phi) is 2.40. The van der Waals surface area contributed by atoms with Crippen LogP contribution in [0.5, 0.6) is 0 Å². The SMILES string of the molecule is CCn1cc(C2=NO[C@H](C(=O)O)C2)cn1. The molecule has 1 aliphatic heterocycles. The summed E-state index contributed by atoms with van der Waals surface area (Å²) in [5, 5.41) is 16.5. The van der Waals surface area contributed by atoms with Gasteiger partial charge in [0.2, 0.25) is 6.10 Å². The number of oxime groups is 1. The third-order valence-electron chi connectivity index (χ3n) is 2.23. The third kappa shape index (κ3) is 1.83. The Hall–Kier alpha value is -1.85. The van der Waals surface area contributed by atoms with E-state index < -0.39 is 12.1 Å². The molecule has 0 saturated carbocycles. The molecule has 0 unspecified atom stereocenters. The predicted octanol–water partition coefficient (Wildman–Crippen LogP) is 0.481. The average molecular weight is 209 g/mol. The summed E-state index contributed by atoms with van der Waals surface area (Å²) >= 11 is 0. The molecule has 6 nitrogen and oxygen atoms in total. The van der Waals surface area contributed by atoms with Gasteiger partial charge in [0.05, 0.1) is 11.9 Å². The number of nitrogens with zero attached hydrogens (tertiary/aromatic N) is 3. The van der Waals surface area contributed by atoms with Crippen LogP contribution in [0.3, 0.4) is 0 Å². The molecule has 80 valence electrons. The van der Waals surface area contributed by atoms with Crippen LogP contribution in [-0.2, 0) is 16.2 Å². The fourth-order valence-electron chi connectivity index (χ4n) is 1.37. The van der Waals surface area contributed by atoms with Crippen LogP contribution in [0, 0.1) is 0 Å². The summed E-state index contributed by atoms with van der Waals surface area (Å²) < 4.78 is 1.76. The van der Waals surface area contributed by atoms with Crippen LogP contribution in [0.2, 0.25) is 0 Å². The summed E-state index contributed by atoms with van der Waals surface area (Å²) in [4.78, 5) is 15.4. The molecule has 0 bridgehead atoms. The van der Waals surface area contributed by atoms with Crippen LogP contribution in [0.25, 0.3) is 0 Å². The van der Waals surface area contributed by atoms with Crippen molar-refractivity contribution in [2.75, 3.05) is 0 Å². The second kappa shape index (κ2) is 3.72. The van der Waals surface area contributed by atoms with E-state index in [1.54, 1.807) is 10.9 Å². The molecule has 0 aromatic carbocycles. The average Bonchev–Trinajstić information content (AvgIpc) is 2.86. The highest BCUT2D eigenvalue weighted by Crippen LogP contribution is 2.16. The molecular formula is C9H11N3O3. The van der Waals surface area contributed by atoms with E-state index in [1.807, 2.05) is 13.1 Å². The summed E-state index contributed by atoms with van der Waals surface area (Å²) in [6.07, 6.45) is 2.93. The van der Waals surface area contributed by atoms with Gasteiger partial charge < -0.3 is 9.94 Å². The summed E-state index contributed by atoms with van der Waals surface area (Å²) in [6.45, 7) is 2.75. The Balaban J connectivity index is 2.10. The zero-order valence-corrected chi connectivity index (χ0v) is 8.25. The van der Waals surface area contributed by atoms with Crippen LogP contribution in [0.4, 0.5) is 0 Å². The maximum absolute atomic E-state index is 10.6. The van der Waals surface area contributed by atoms with E-state index in [0.29, 0.717) is 12.1 Å². The molecule has 1 N–H and O–H groups in total. The zero-order chi connectivity index (χ0) is 10.8. The first-order valence-electron chi connectivity index (χ1n) is 4.69. The lowest BCUT2D eigenvalue weighted by atomic mass is 10.1. The minimum Gasteiger partial charge on any atom is -0.478 e. The topological polar surface area (TPSA) is 76.7 Å². The Morgan fingerprint density at radius 1 is 1.80 bits per heavy atom. The molecule has 1 aromatic heterocycles. The third-order valence-corrected chi connectivity index (χ3v) is 2.23. The first-order chi connectivity index (χ1) is 7.20. The van der Waals surface area contributed by atoms with Crippen molar-refractivity contribution in [3.8, 4) is 0 Å². The summed E-state index contributed by atoms with van der Waals surface area (Å²) in [5.74, 6) is -0.989. The van der Waals surface area contributed by atoms with E-state index in [4.69, 9.17) is 9.94 Å². The maximum Gasteiger partial charge on any atom is 0.348 e. The standard InChI is InChI=1S/C9H11N3O3/c1-2-12-5-6(4-10-12)7-3-8(9(13)14)15-11-7/h4-5,8H,2-3H2,1H3,(H,13,14)/t8-/m0/s1. The van der Waals surface area contributed by atoms with Crippen molar-refractivity contribution < 1.29 is 14.7 Å².